The third-order valence-corrected chi connectivity index (χ3v) is 4.27. The molecule has 1 aliphatic rings. The van der Waals surface area contributed by atoms with Crippen LogP contribution in [0, 0.1) is 18.3 Å². The van der Waals surface area contributed by atoms with Gasteiger partial charge in [-0.25, -0.2) is 9.97 Å². The molecule has 0 spiro atoms. The minimum atomic E-state index is -4.52. The predicted octanol–water partition coefficient (Wildman–Crippen LogP) is 2.91. The van der Waals surface area contributed by atoms with E-state index in [0.717, 1.165) is 0 Å². The molecule has 25 heavy (non-hydrogen) atoms. The number of aryl methyl sites for hydroxylation is 1. The van der Waals surface area contributed by atoms with Crippen LogP contribution in [0.25, 0.3) is 11.4 Å². The van der Waals surface area contributed by atoms with Gasteiger partial charge in [0.05, 0.1) is 11.3 Å². The largest absolute Gasteiger partial charge is 0.481 e. The summed E-state index contributed by atoms with van der Waals surface area (Å²) in [5, 5.41) is 12.0. The van der Waals surface area contributed by atoms with E-state index in [1.54, 1.807) is 37.5 Å². The number of anilines is 1. The molecule has 0 aromatic carbocycles. The number of carbonyl (C=O) groups is 1. The summed E-state index contributed by atoms with van der Waals surface area (Å²) in [5.74, 6) is -2.62. The molecular weight excluding hydrogens is 337 g/mol. The number of alkyl halides is 3. The normalized spacial score (nSPS) is 22.5. The maximum Gasteiger partial charge on any atom is 0.393 e. The molecule has 1 fully saturated rings. The van der Waals surface area contributed by atoms with E-state index in [0.29, 0.717) is 17.1 Å². The highest BCUT2D eigenvalue weighted by atomic mass is 19.4. The van der Waals surface area contributed by atoms with Gasteiger partial charge in [-0.15, -0.1) is 0 Å². The second-order valence-electron chi connectivity index (χ2n) is 6.07. The number of hydrogen-bond acceptors (Lipinski definition) is 5. The lowest BCUT2D eigenvalue weighted by Gasteiger charge is -2.16. The van der Waals surface area contributed by atoms with Crippen molar-refractivity contribution in [1.29, 1.82) is 0 Å². The molecule has 2 N–H and O–H groups in total. The van der Waals surface area contributed by atoms with E-state index in [2.05, 4.69) is 20.3 Å². The zero-order valence-corrected chi connectivity index (χ0v) is 13.2. The molecule has 2 aromatic heterocycles. The van der Waals surface area contributed by atoms with Crippen molar-refractivity contribution in [3.8, 4) is 11.4 Å². The summed E-state index contributed by atoms with van der Waals surface area (Å²) >= 11 is 0. The van der Waals surface area contributed by atoms with E-state index in [9.17, 15) is 23.1 Å². The molecule has 1 saturated carbocycles. The minimum absolute atomic E-state index is 0.285. The van der Waals surface area contributed by atoms with Crippen LogP contribution < -0.4 is 5.32 Å². The number of nitrogens with one attached hydrogen (secondary N) is 1. The molecule has 2 heterocycles. The highest BCUT2D eigenvalue weighted by Gasteiger charge is 2.71. The smallest absolute Gasteiger partial charge is 0.393 e. The topological polar surface area (TPSA) is 88.0 Å². The van der Waals surface area contributed by atoms with Crippen LogP contribution in [-0.2, 0) is 4.79 Å². The third kappa shape index (κ3) is 3.40. The first-order valence-corrected chi connectivity index (χ1v) is 7.52. The van der Waals surface area contributed by atoms with Crippen LogP contribution in [0.1, 0.15) is 12.1 Å². The monoisotopic (exact) mass is 352 g/mol. The Morgan fingerprint density at radius 3 is 2.60 bits per heavy atom. The molecule has 6 nitrogen and oxygen atoms in total. The van der Waals surface area contributed by atoms with Gasteiger partial charge < -0.3 is 10.4 Å². The molecule has 2 atom stereocenters. The Morgan fingerprint density at radius 2 is 2.04 bits per heavy atom. The first kappa shape index (κ1) is 17.1. The fourth-order valence-electron chi connectivity index (χ4n) is 2.78. The van der Waals surface area contributed by atoms with Crippen LogP contribution in [0.4, 0.5) is 19.0 Å². The Bertz CT molecular complexity index is 798. The van der Waals surface area contributed by atoms with Crippen molar-refractivity contribution < 1.29 is 23.1 Å². The quantitative estimate of drug-likeness (QED) is 0.860. The Labute approximate surface area is 141 Å². The standard InChI is InChI=1S/C16H15F3N4O2/c1-9-6-12(23-13(22-9)10-2-4-20-5-3-10)21-8-15(14(24)25)7-11(15)16(17,18)19/h2-6,11H,7-8H2,1H3,(H,24,25)(H,21,22,23)/t11-,15+/m0/s1. The lowest BCUT2D eigenvalue weighted by molar-refractivity contribution is -0.167. The van der Waals surface area contributed by atoms with Gasteiger partial charge in [-0.1, -0.05) is 0 Å². The zero-order valence-electron chi connectivity index (χ0n) is 13.2. The van der Waals surface area contributed by atoms with E-state index in [1.807, 2.05) is 0 Å². The average molecular weight is 352 g/mol. The highest BCUT2D eigenvalue weighted by molar-refractivity contribution is 5.80. The van der Waals surface area contributed by atoms with Crippen LogP contribution in [-0.4, -0.2) is 38.7 Å². The second-order valence-corrected chi connectivity index (χ2v) is 6.07. The second kappa shape index (κ2) is 5.98. The van der Waals surface area contributed by atoms with Crippen molar-refractivity contribution in [1.82, 2.24) is 15.0 Å². The first-order valence-electron chi connectivity index (χ1n) is 7.52. The van der Waals surface area contributed by atoms with Gasteiger partial charge in [0.1, 0.15) is 5.82 Å². The molecule has 0 saturated heterocycles. The van der Waals surface area contributed by atoms with Crippen molar-refractivity contribution in [2.24, 2.45) is 11.3 Å². The molecular formula is C16H15F3N4O2. The average Bonchev–Trinajstić information content (AvgIpc) is 3.30. The number of rotatable bonds is 5. The number of carboxylic acid groups (broad SMARTS) is 1. The number of hydrogen-bond donors (Lipinski definition) is 2. The fraction of sp³-hybridized carbons (Fsp3) is 0.375. The summed E-state index contributed by atoms with van der Waals surface area (Å²) in [6.07, 6.45) is -1.80. The number of pyridine rings is 1. The maximum absolute atomic E-state index is 12.8. The molecule has 0 aliphatic heterocycles. The van der Waals surface area contributed by atoms with Crippen molar-refractivity contribution in [3.63, 3.8) is 0 Å². The summed E-state index contributed by atoms with van der Waals surface area (Å²) in [4.78, 5) is 23.8. The number of aliphatic carboxylic acids is 1. The van der Waals surface area contributed by atoms with E-state index < -0.39 is 29.9 Å². The Balaban J connectivity index is 1.80. The molecule has 2 aromatic rings. The van der Waals surface area contributed by atoms with E-state index >= 15 is 0 Å². The van der Waals surface area contributed by atoms with Crippen LogP contribution in [0.3, 0.4) is 0 Å². The third-order valence-electron chi connectivity index (χ3n) is 4.27. The van der Waals surface area contributed by atoms with Gasteiger partial charge in [-0.3, -0.25) is 9.78 Å². The number of carboxylic acids is 1. The van der Waals surface area contributed by atoms with Crippen LogP contribution >= 0.6 is 0 Å². The SMILES string of the molecule is Cc1cc(NC[C@]2(C(=O)O)C[C@@H]2C(F)(F)F)nc(-c2ccncc2)n1. The summed E-state index contributed by atoms with van der Waals surface area (Å²) in [5.41, 5.74) is -0.528. The van der Waals surface area contributed by atoms with Crippen molar-refractivity contribution >= 4 is 11.8 Å². The van der Waals surface area contributed by atoms with Crippen LogP contribution in [0.5, 0.6) is 0 Å². The van der Waals surface area contributed by atoms with Gasteiger partial charge in [-0.05, 0) is 25.5 Å². The molecule has 3 rings (SSSR count). The maximum atomic E-state index is 12.8. The predicted molar refractivity (Wildman–Crippen MR) is 82.7 cm³/mol. The van der Waals surface area contributed by atoms with Crippen molar-refractivity contribution in [2.45, 2.75) is 19.5 Å². The first-order chi connectivity index (χ1) is 11.7. The molecule has 0 amide bonds. The lowest BCUT2D eigenvalue weighted by Crippen LogP contribution is -2.31. The van der Waals surface area contributed by atoms with Gasteiger partial charge in [0.2, 0.25) is 0 Å². The molecule has 0 bridgehead atoms. The van der Waals surface area contributed by atoms with Crippen LogP contribution in [0.2, 0.25) is 0 Å². The molecule has 1 aliphatic carbocycles. The van der Waals surface area contributed by atoms with Crippen molar-refractivity contribution in [2.75, 3.05) is 11.9 Å². The molecule has 132 valence electrons. The van der Waals surface area contributed by atoms with Gasteiger partial charge in [0.25, 0.3) is 0 Å². The zero-order chi connectivity index (χ0) is 18.2. The molecule has 0 unspecified atom stereocenters. The van der Waals surface area contributed by atoms with Gasteiger partial charge in [0.15, 0.2) is 5.82 Å². The van der Waals surface area contributed by atoms with Gasteiger partial charge in [0, 0.05) is 36.3 Å². The fourth-order valence-corrected chi connectivity index (χ4v) is 2.78. The molecule has 0 radical (unpaired) electrons. The van der Waals surface area contributed by atoms with Gasteiger partial charge >= 0.3 is 12.1 Å². The Hall–Kier alpha value is -2.71. The lowest BCUT2D eigenvalue weighted by atomic mass is 10.0. The summed E-state index contributed by atoms with van der Waals surface area (Å²) in [6.45, 7) is 1.37. The number of aromatic nitrogens is 3. The summed E-state index contributed by atoms with van der Waals surface area (Å²) in [6, 6.07) is 4.97. The Kier molecular flexibility index (Phi) is 4.09. The summed E-state index contributed by atoms with van der Waals surface area (Å²) < 4.78 is 38.5. The van der Waals surface area contributed by atoms with E-state index in [-0.39, 0.29) is 12.4 Å². The molecule has 9 heteroatoms. The van der Waals surface area contributed by atoms with E-state index in [1.165, 1.54) is 0 Å². The Morgan fingerprint density at radius 1 is 1.36 bits per heavy atom. The highest BCUT2D eigenvalue weighted by Crippen LogP contribution is 2.60. The summed E-state index contributed by atoms with van der Waals surface area (Å²) in [7, 11) is 0. The van der Waals surface area contributed by atoms with Crippen LogP contribution in [0.15, 0.2) is 30.6 Å². The number of nitrogens with zero attached hydrogens (tertiary/aromatic N) is 3. The van der Waals surface area contributed by atoms with Gasteiger partial charge in [-0.2, -0.15) is 13.2 Å². The van der Waals surface area contributed by atoms with E-state index in [4.69, 9.17) is 0 Å². The minimum Gasteiger partial charge on any atom is -0.481 e. The van der Waals surface area contributed by atoms with Crippen molar-refractivity contribution in [3.05, 3.63) is 36.3 Å². The number of halogens is 3.